The number of H-pyrrole nitrogens is 1. The number of nitrogens with one attached hydrogen (secondary N) is 1. The Morgan fingerprint density at radius 1 is 1.22 bits per heavy atom. The van der Waals surface area contributed by atoms with Crippen molar-refractivity contribution in [3.63, 3.8) is 0 Å². The van der Waals surface area contributed by atoms with Gasteiger partial charge in [-0.3, -0.25) is 0 Å². The zero-order valence-electron chi connectivity index (χ0n) is 9.94. The maximum absolute atomic E-state index is 8.95. The van der Waals surface area contributed by atoms with Gasteiger partial charge in [-0.05, 0) is 41.8 Å². The van der Waals surface area contributed by atoms with Crippen molar-refractivity contribution in [2.45, 2.75) is 6.92 Å². The molecule has 18 heavy (non-hydrogen) atoms. The van der Waals surface area contributed by atoms with E-state index in [0.29, 0.717) is 0 Å². The summed E-state index contributed by atoms with van der Waals surface area (Å²) in [5.74, 6) is 0. The second-order valence-electron chi connectivity index (χ2n) is 4.24. The van der Waals surface area contributed by atoms with Crippen LogP contribution in [0.2, 0.25) is 0 Å². The Hall–Kier alpha value is -2.60. The smallest absolute Gasteiger partial charge is 0.137 e. The van der Waals surface area contributed by atoms with Crippen molar-refractivity contribution in [3.8, 4) is 17.2 Å². The third-order valence-electron chi connectivity index (χ3n) is 3.12. The fourth-order valence-electron chi connectivity index (χ4n) is 2.17. The Bertz CT molecular complexity index is 763. The molecule has 1 aromatic carbocycles. The highest BCUT2D eigenvalue weighted by atomic mass is 14.8. The first-order chi connectivity index (χ1) is 8.79. The third-order valence-corrected chi connectivity index (χ3v) is 3.12. The summed E-state index contributed by atoms with van der Waals surface area (Å²) in [6.07, 6.45) is 3.68. The van der Waals surface area contributed by atoms with E-state index in [0.717, 1.165) is 33.3 Å². The Morgan fingerprint density at radius 2 is 2.11 bits per heavy atom. The molecule has 86 valence electrons. The molecule has 0 aliphatic rings. The van der Waals surface area contributed by atoms with Crippen LogP contribution in [0.3, 0.4) is 0 Å². The van der Waals surface area contributed by atoms with Crippen molar-refractivity contribution >= 4 is 11.0 Å². The highest BCUT2D eigenvalue weighted by Crippen LogP contribution is 2.28. The first-order valence-electron chi connectivity index (χ1n) is 5.73. The van der Waals surface area contributed by atoms with E-state index in [-0.39, 0.29) is 0 Å². The molecule has 0 aliphatic heterocycles. The molecule has 3 nitrogen and oxygen atoms in total. The van der Waals surface area contributed by atoms with Gasteiger partial charge in [0.2, 0.25) is 0 Å². The van der Waals surface area contributed by atoms with Gasteiger partial charge in [-0.25, -0.2) is 4.98 Å². The SMILES string of the molecule is Cc1cc(-c2ccnc3[nH]ccc23)ccc1C#N. The molecule has 0 saturated carbocycles. The summed E-state index contributed by atoms with van der Waals surface area (Å²) in [6.45, 7) is 1.96. The lowest BCUT2D eigenvalue weighted by Gasteiger charge is -2.05. The summed E-state index contributed by atoms with van der Waals surface area (Å²) in [7, 11) is 0. The standard InChI is InChI=1S/C15H11N3/c1-10-8-11(2-3-12(10)9-16)13-4-6-17-15-14(13)5-7-18-15/h2-8H,1H3,(H,17,18). The molecule has 0 spiro atoms. The highest BCUT2D eigenvalue weighted by Gasteiger charge is 2.06. The Labute approximate surface area is 105 Å². The molecule has 0 bridgehead atoms. The van der Waals surface area contributed by atoms with Crippen LogP contribution >= 0.6 is 0 Å². The summed E-state index contributed by atoms with van der Waals surface area (Å²) in [5.41, 5.74) is 4.84. The molecule has 3 aromatic rings. The quantitative estimate of drug-likeness (QED) is 0.700. The lowest BCUT2D eigenvalue weighted by molar-refractivity contribution is 1.32. The highest BCUT2D eigenvalue weighted by molar-refractivity contribution is 5.92. The minimum Gasteiger partial charge on any atom is -0.346 e. The number of nitriles is 1. The minimum atomic E-state index is 0.720. The van der Waals surface area contributed by atoms with Gasteiger partial charge in [-0.2, -0.15) is 5.26 Å². The molecule has 1 N–H and O–H groups in total. The molecule has 0 fully saturated rings. The van der Waals surface area contributed by atoms with E-state index < -0.39 is 0 Å². The van der Waals surface area contributed by atoms with E-state index >= 15 is 0 Å². The predicted octanol–water partition coefficient (Wildman–Crippen LogP) is 3.41. The Kier molecular flexibility index (Phi) is 2.35. The molecule has 0 radical (unpaired) electrons. The molecule has 3 heteroatoms. The number of benzene rings is 1. The second kappa shape index (κ2) is 4.01. The first-order valence-corrected chi connectivity index (χ1v) is 5.73. The average Bonchev–Trinajstić information content (AvgIpc) is 2.86. The van der Waals surface area contributed by atoms with E-state index in [9.17, 15) is 0 Å². The maximum Gasteiger partial charge on any atom is 0.137 e. The summed E-state index contributed by atoms with van der Waals surface area (Å²) in [4.78, 5) is 7.38. The van der Waals surface area contributed by atoms with E-state index in [2.05, 4.69) is 16.0 Å². The van der Waals surface area contributed by atoms with E-state index in [1.54, 1.807) is 6.20 Å². The number of aryl methyl sites for hydroxylation is 1. The van der Waals surface area contributed by atoms with Gasteiger partial charge in [0.25, 0.3) is 0 Å². The maximum atomic E-state index is 8.95. The van der Waals surface area contributed by atoms with Crippen molar-refractivity contribution in [1.29, 1.82) is 5.26 Å². The molecular formula is C15H11N3. The van der Waals surface area contributed by atoms with Crippen LogP contribution in [0.15, 0.2) is 42.7 Å². The van der Waals surface area contributed by atoms with Crippen LogP contribution in [0.1, 0.15) is 11.1 Å². The number of aromatic nitrogens is 2. The van der Waals surface area contributed by atoms with Crippen LogP contribution in [-0.4, -0.2) is 9.97 Å². The Balaban J connectivity index is 2.24. The summed E-state index contributed by atoms with van der Waals surface area (Å²) in [6, 6.07) is 12.1. The van der Waals surface area contributed by atoms with Crippen molar-refractivity contribution in [3.05, 3.63) is 53.9 Å². The van der Waals surface area contributed by atoms with Gasteiger partial charge >= 0.3 is 0 Å². The van der Waals surface area contributed by atoms with Gasteiger partial charge in [-0.15, -0.1) is 0 Å². The van der Waals surface area contributed by atoms with Crippen LogP contribution < -0.4 is 0 Å². The van der Waals surface area contributed by atoms with Gasteiger partial charge in [0.05, 0.1) is 11.6 Å². The normalized spacial score (nSPS) is 10.4. The van der Waals surface area contributed by atoms with E-state index in [1.807, 2.05) is 43.5 Å². The van der Waals surface area contributed by atoms with Crippen molar-refractivity contribution < 1.29 is 0 Å². The van der Waals surface area contributed by atoms with Crippen LogP contribution in [0.4, 0.5) is 0 Å². The number of hydrogen-bond donors (Lipinski definition) is 1. The fraction of sp³-hybridized carbons (Fsp3) is 0.0667. The minimum absolute atomic E-state index is 0.720. The number of fused-ring (bicyclic) bond motifs is 1. The van der Waals surface area contributed by atoms with Gasteiger partial charge in [0.15, 0.2) is 0 Å². The van der Waals surface area contributed by atoms with Crippen molar-refractivity contribution in [1.82, 2.24) is 9.97 Å². The zero-order valence-corrected chi connectivity index (χ0v) is 9.94. The molecule has 0 atom stereocenters. The van der Waals surface area contributed by atoms with E-state index in [1.165, 1.54) is 0 Å². The predicted molar refractivity (Wildman–Crippen MR) is 71.0 cm³/mol. The molecule has 2 heterocycles. The number of aromatic amines is 1. The molecule has 0 aliphatic carbocycles. The van der Waals surface area contributed by atoms with Gasteiger partial charge < -0.3 is 4.98 Å². The molecule has 3 rings (SSSR count). The fourth-order valence-corrected chi connectivity index (χ4v) is 2.17. The summed E-state index contributed by atoms with van der Waals surface area (Å²) in [5, 5.41) is 10.1. The third kappa shape index (κ3) is 1.56. The molecule has 2 aromatic heterocycles. The molecule has 0 unspecified atom stereocenters. The summed E-state index contributed by atoms with van der Waals surface area (Å²) < 4.78 is 0. The number of rotatable bonds is 1. The lowest BCUT2D eigenvalue weighted by atomic mass is 9.99. The van der Waals surface area contributed by atoms with Gasteiger partial charge in [0, 0.05) is 17.8 Å². The second-order valence-corrected chi connectivity index (χ2v) is 4.24. The monoisotopic (exact) mass is 233 g/mol. The van der Waals surface area contributed by atoms with Gasteiger partial charge in [-0.1, -0.05) is 12.1 Å². The van der Waals surface area contributed by atoms with Crippen LogP contribution in [-0.2, 0) is 0 Å². The average molecular weight is 233 g/mol. The number of nitrogens with zero attached hydrogens (tertiary/aromatic N) is 2. The first kappa shape index (κ1) is 10.5. The zero-order chi connectivity index (χ0) is 12.5. The molecule has 0 amide bonds. The Morgan fingerprint density at radius 3 is 2.89 bits per heavy atom. The van der Waals surface area contributed by atoms with Crippen LogP contribution in [0.5, 0.6) is 0 Å². The number of pyridine rings is 1. The lowest BCUT2D eigenvalue weighted by Crippen LogP contribution is -1.86. The van der Waals surface area contributed by atoms with Crippen molar-refractivity contribution in [2.75, 3.05) is 0 Å². The number of hydrogen-bond acceptors (Lipinski definition) is 2. The summed E-state index contributed by atoms with van der Waals surface area (Å²) >= 11 is 0. The van der Waals surface area contributed by atoms with Crippen LogP contribution in [0.25, 0.3) is 22.2 Å². The topological polar surface area (TPSA) is 52.5 Å². The van der Waals surface area contributed by atoms with Gasteiger partial charge in [0.1, 0.15) is 5.65 Å². The van der Waals surface area contributed by atoms with Crippen molar-refractivity contribution in [2.24, 2.45) is 0 Å². The molecular weight excluding hydrogens is 222 g/mol. The molecule has 0 saturated heterocycles. The van der Waals surface area contributed by atoms with Crippen LogP contribution in [0, 0.1) is 18.3 Å². The van der Waals surface area contributed by atoms with E-state index in [4.69, 9.17) is 5.26 Å². The largest absolute Gasteiger partial charge is 0.346 e.